The van der Waals surface area contributed by atoms with E-state index in [1.807, 2.05) is 18.2 Å². The van der Waals surface area contributed by atoms with Gasteiger partial charge in [0.2, 0.25) is 5.88 Å². The molecule has 0 aliphatic carbocycles. The van der Waals surface area contributed by atoms with Crippen LogP contribution in [0.1, 0.15) is 16.8 Å². The van der Waals surface area contributed by atoms with Crippen molar-refractivity contribution in [1.82, 2.24) is 19.7 Å². The van der Waals surface area contributed by atoms with Crippen molar-refractivity contribution < 1.29 is 5.11 Å². The molecule has 2 aromatic heterocycles. The van der Waals surface area contributed by atoms with E-state index in [2.05, 4.69) is 57.4 Å². The summed E-state index contributed by atoms with van der Waals surface area (Å²) in [6.07, 6.45) is 2.50. The first-order valence-electron chi connectivity index (χ1n) is 9.19. The van der Waals surface area contributed by atoms with E-state index in [0.29, 0.717) is 5.82 Å². The molecule has 3 heterocycles. The Balaban J connectivity index is 1.39. The van der Waals surface area contributed by atoms with Crippen LogP contribution in [0.15, 0.2) is 66.9 Å². The number of nitrogens with zero attached hydrogens (tertiary/aromatic N) is 4. The second-order valence-corrected chi connectivity index (χ2v) is 6.99. The summed E-state index contributed by atoms with van der Waals surface area (Å²) >= 11 is 0. The van der Waals surface area contributed by atoms with Gasteiger partial charge >= 0.3 is 0 Å². The minimum absolute atomic E-state index is 0.217. The number of hydrogen-bond acceptors (Lipinski definition) is 4. The van der Waals surface area contributed by atoms with E-state index in [4.69, 9.17) is 0 Å². The van der Waals surface area contributed by atoms with Crippen molar-refractivity contribution in [2.75, 3.05) is 6.54 Å². The highest BCUT2D eigenvalue weighted by Gasteiger charge is 2.25. The second-order valence-electron chi connectivity index (χ2n) is 6.99. The third-order valence-electron chi connectivity index (χ3n) is 5.18. The van der Waals surface area contributed by atoms with Crippen molar-refractivity contribution in [2.45, 2.75) is 19.5 Å². The molecular weight excluding hydrogens is 336 g/mol. The number of pyridine rings is 1. The number of rotatable bonds is 3. The molecule has 4 aromatic rings. The number of aromatic nitrogens is 3. The minimum Gasteiger partial charge on any atom is -0.493 e. The predicted molar refractivity (Wildman–Crippen MR) is 105 cm³/mol. The lowest BCUT2D eigenvalue weighted by Crippen LogP contribution is -2.29. The van der Waals surface area contributed by atoms with Crippen LogP contribution in [0, 0.1) is 0 Å². The smallest absolute Gasteiger partial charge is 0.219 e. The molecule has 5 rings (SSSR count). The third kappa shape index (κ3) is 2.96. The van der Waals surface area contributed by atoms with Gasteiger partial charge in [0.25, 0.3) is 0 Å². The van der Waals surface area contributed by atoms with E-state index in [-0.39, 0.29) is 5.88 Å². The van der Waals surface area contributed by atoms with Crippen LogP contribution in [-0.2, 0) is 19.5 Å². The Kier molecular flexibility index (Phi) is 3.87. The molecule has 0 saturated carbocycles. The molecule has 0 fully saturated rings. The van der Waals surface area contributed by atoms with E-state index in [1.165, 1.54) is 16.3 Å². The van der Waals surface area contributed by atoms with Crippen LogP contribution < -0.4 is 0 Å². The van der Waals surface area contributed by atoms with Gasteiger partial charge in [-0.1, -0.05) is 42.5 Å². The Bertz CT molecular complexity index is 1100. The summed E-state index contributed by atoms with van der Waals surface area (Å²) < 4.78 is 1.55. The van der Waals surface area contributed by atoms with Crippen molar-refractivity contribution in [3.05, 3.63) is 83.7 Å². The molecule has 0 bridgehead atoms. The minimum atomic E-state index is 0.217. The maximum Gasteiger partial charge on any atom is 0.219 e. The molecule has 0 radical (unpaired) electrons. The first-order valence-corrected chi connectivity index (χ1v) is 9.19. The standard InChI is InChI=1S/C22H20N4O/c27-22-19-10-12-25(14-16-8-9-17-5-1-2-6-18(17)13-16)15-20(19)24-26(22)21-7-3-4-11-23-21/h1-9,11,13,27H,10,12,14-15H2. The van der Waals surface area contributed by atoms with Gasteiger partial charge in [-0.2, -0.15) is 9.78 Å². The van der Waals surface area contributed by atoms with E-state index in [9.17, 15) is 5.11 Å². The summed E-state index contributed by atoms with van der Waals surface area (Å²) in [5.41, 5.74) is 3.17. The van der Waals surface area contributed by atoms with Crippen molar-refractivity contribution in [1.29, 1.82) is 0 Å². The van der Waals surface area contributed by atoms with Gasteiger partial charge in [0.05, 0.1) is 5.69 Å². The fraction of sp³-hybridized carbons (Fsp3) is 0.182. The molecule has 5 nitrogen and oxygen atoms in total. The van der Waals surface area contributed by atoms with Gasteiger partial charge in [0.1, 0.15) is 0 Å². The lowest BCUT2D eigenvalue weighted by molar-refractivity contribution is 0.241. The molecule has 1 aliphatic rings. The highest BCUT2D eigenvalue weighted by atomic mass is 16.3. The molecule has 2 aromatic carbocycles. The average Bonchev–Trinajstić information content (AvgIpc) is 3.04. The molecule has 27 heavy (non-hydrogen) atoms. The topological polar surface area (TPSA) is 54.2 Å². The maximum atomic E-state index is 10.6. The average molecular weight is 356 g/mol. The van der Waals surface area contributed by atoms with Gasteiger partial charge in [-0.25, -0.2) is 4.98 Å². The Labute approximate surface area is 157 Å². The number of fused-ring (bicyclic) bond motifs is 2. The Morgan fingerprint density at radius 2 is 1.81 bits per heavy atom. The van der Waals surface area contributed by atoms with Crippen molar-refractivity contribution in [3.8, 4) is 11.7 Å². The summed E-state index contributed by atoms with van der Waals surface area (Å²) in [6, 6.07) is 20.7. The van der Waals surface area contributed by atoms with Crippen molar-refractivity contribution in [3.63, 3.8) is 0 Å². The van der Waals surface area contributed by atoms with Gasteiger partial charge in [-0.3, -0.25) is 4.90 Å². The normalized spacial score (nSPS) is 14.4. The van der Waals surface area contributed by atoms with Crippen LogP contribution in [0.2, 0.25) is 0 Å². The fourth-order valence-electron chi connectivity index (χ4n) is 3.80. The van der Waals surface area contributed by atoms with E-state index in [0.717, 1.165) is 37.3 Å². The lowest BCUT2D eigenvalue weighted by atomic mass is 10.0. The molecule has 1 N–H and O–H groups in total. The van der Waals surface area contributed by atoms with Gasteiger partial charge in [0, 0.05) is 31.4 Å². The Morgan fingerprint density at radius 3 is 2.67 bits per heavy atom. The lowest BCUT2D eigenvalue weighted by Gasteiger charge is -2.25. The Hall–Kier alpha value is -3.18. The van der Waals surface area contributed by atoms with Crippen LogP contribution in [0.25, 0.3) is 16.6 Å². The summed E-state index contributed by atoms with van der Waals surface area (Å²) in [4.78, 5) is 6.67. The molecule has 5 heteroatoms. The number of hydrogen-bond donors (Lipinski definition) is 1. The molecule has 1 aliphatic heterocycles. The molecule has 0 unspecified atom stereocenters. The van der Waals surface area contributed by atoms with E-state index < -0.39 is 0 Å². The van der Waals surface area contributed by atoms with Gasteiger partial charge in [0.15, 0.2) is 5.82 Å². The van der Waals surface area contributed by atoms with Crippen LogP contribution in [0.4, 0.5) is 0 Å². The van der Waals surface area contributed by atoms with Crippen LogP contribution in [0.3, 0.4) is 0 Å². The van der Waals surface area contributed by atoms with E-state index >= 15 is 0 Å². The predicted octanol–water partition coefficient (Wildman–Crippen LogP) is 3.68. The van der Waals surface area contributed by atoms with Crippen molar-refractivity contribution >= 4 is 10.8 Å². The quantitative estimate of drug-likeness (QED) is 0.608. The third-order valence-corrected chi connectivity index (χ3v) is 5.18. The highest BCUT2D eigenvalue weighted by molar-refractivity contribution is 5.82. The first kappa shape index (κ1) is 16.0. The largest absolute Gasteiger partial charge is 0.493 e. The monoisotopic (exact) mass is 356 g/mol. The van der Waals surface area contributed by atoms with E-state index in [1.54, 1.807) is 10.9 Å². The fourth-order valence-corrected chi connectivity index (χ4v) is 3.80. The van der Waals surface area contributed by atoms with Gasteiger partial charge in [-0.05, 0) is 41.0 Å². The van der Waals surface area contributed by atoms with Crippen LogP contribution in [-0.4, -0.2) is 31.3 Å². The zero-order chi connectivity index (χ0) is 18.2. The zero-order valence-corrected chi connectivity index (χ0v) is 14.9. The molecule has 0 saturated heterocycles. The SMILES string of the molecule is Oc1c2c(nn1-c1ccccn1)CN(Cc1ccc3ccccc3c1)CC2. The summed E-state index contributed by atoms with van der Waals surface area (Å²) in [5.74, 6) is 0.861. The molecule has 0 spiro atoms. The number of benzene rings is 2. The highest BCUT2D eigenvalue weighted by Crippen LogP contribution is 2.29. The number of aromatic hydroxyl groups is 1. The molecule has 0 atom stereocenters. The first-order chi connectivity index (χ1) is 13.3. The molecule has 134 valence electrons. The molecule has 0 amide bonds. The zero-order valence-electron chi connectivity index (χ0n) is 14.9. The van der Waals surface area contributed by atoms with Crippen molar-refractivity contribution in [2.24, 2.45) is 0 Å². The van der Waals surface area contributed by atoms with Gasteiger partial charge < -0.3 is 5.11 Å². The maximum absolute atomic E-state index is 10.6. The Morgan fingerprint density at radius 1 is 0.963 bits per heavy atom. The second kappa shape index (κ2) is 6.52. The summed E-state index contributed by atoms with van der Waals surface area (Å²) in [7, 11) is 0. The van der Waals surface area contributed by atoms with Gasteiger partial charge in [-0.15, -0.1) is 0 Å². The summed E-state index contributed by atoms with van der Waals surface area (Å²) in [6.45, 7) is 2.51. The van der Waals surface area contributed by atoms with Crippen LogP contribution >= 0.6 is 0 Å². The molecular formula is C22H20N4O. The van der Waals surface area contributed by atoms with Crippen LogP contribution in [0.5, 0.6) is 5.88 Å². The summed E-state index contributed by atoms with van der Waals surface area (Å²) in [5, 5.41) is 17.7.